The van der Waals surface area contributed by atoms with Gasteiger partial charge in [-0.2, -0.15) is 5.10 Å². The monoisotopic (exact) mass is 451 g/mol. The van der Waals surface area contributed by atoms with Gasteiger partial charge in [-0.1, -0.05) is 47.5 Å². The minimum atomic E-state index is -0.192. The minimum absolute atomic E-state index is 0.192. The zero-order valence-corrected chi connectivity index (χ0v) is 18.0. The summed E-state index contributed by atoms with van der Waals surface area (Å²) in [4.78, 5) is 12.7. The first kappa shape index (κ1) is 21.0. The molecule has 4 rings (SSSR count). The summed E-state index contributed by atoms with van der Waals surface area (Å²) in [6.45, 7) is 0.948. The first-order valence-corrected chi connectivity index (χ1v) is 10.4. The Balaban J connectivity index is 1.38. The van der Waals surface area contributed by atoms with E-state index in [1.165, 1.54) is 0 Å². The number of hydrogen-bond acceptors (Lipinski definition) is 3. The molecule has 0 atom stereocenters. The van der Waals surface area contributed by atoms with Crippen molar-refractivity contribution in [2.75, 3.05) is 5.32 Å². The Morgan fingerprint density at radius 1 is 0.968 bits per heavy atom. The number of aromatic nitrogens is 2. The molecule has 0 unspecified atom stereocenters. The Morgan fingerprint density at radius 3 is 2.58 bits per heavy atom. The van der Waals surface area contributed by atoms with Crippen molar-refractivity contribution in [2.24, 2.45) is 0 Å². The average Bonchev–Trinajstić information content (AvgIpc) is 3.29. The Hall–Kier alpha value is -3.28. The van der Waals surface area contributed by atoms with Crippen LogP contribution in [-0.2, 0) is 13.2 Å². The number of carbonyl (C=O) groups is 1. The van der Waals surface area contributed by atoms with Gasteiger partial charge >= 0.3 is 0 Å². The van der Waals surface area contributed by atoms with Crippen molar-refractivity contribution in [2.45, 2.75) is 13.2 Å². The number of anilines is 1. The van der Waals surface area contributed by atoms with Gasteiger partial charge in [0.25, 0.3) is 5.91 Å². The predicted octanol–water partition coefficient (Wildman–Crippen LogP) is 6.07. The van der Waals surface area contributed by atoms with E-state index in [1.807, 2.05) is 53.3 Å². The summed E-state index contributed by atoms with van der Waals surface area (Å²) in [5, 5.41) is 8.14. The fraction of sp³-hybridized carbons (Fsp3) is 0.0833. The summed E-state index contributed by atoms with van der Waals surface area (Å²) >= 11 is 12.1. The van der Waals surface area contributed by atoms with Gasteiger partial charge in [0.1, 0.15) is 12.4 Å². The molecule has 0 fully saturated rings. The van der Waals surface area contributed by atoms with Gasteiger partial charge in [-0.3, -0.25) is 9.48 Å². The number of halogens is 2. The van der Waals surface area contributed by atoms with Crippen LogP contribution in [0.2, 0.25) is 10.0 Å². The molecule has 0 saturated carbocycles. The Morgan fingerprint density at radius 2 is 1.81 bits per heavy atom. The van der Waals surface area contributed by atoms with Crippen molar-refractivity contribution in [3.05, 3.63) is 112 Å². The highest BCUT2D eigenvalue weighted by Gasteiger charge is 2.09. The van der Waals surface area contributed by atoms with Gasteiger partial charge in [0, 0.05) is 34.7 Å². The molecule has 0 spiro atoms. The lowest BCUT2D eigenvalue weighted by Gasteiger charge is -2.10. The number of hydrogen-bond donors (Lipinski definition) is 1. The Bertz CT molecular complexity index is 1180. The molecule has 0 aliphatic heterocycles. The van der Waals surface area contributed by atoms with Crippen LogP contribution in [0.3, 0.4) is 0 Å². The Labute approximate surface area is 190 Å². The summed E-state index contributed by atoms with van der Waals surface area (Å²) in [6.07, 6.45) is 3.66. The maximum atomic E-state index is 12.7. The normalized spacial score (nSPS) is 10.6. The second kappa shape index (κ2) is 9.69. The van der Waals surface area contributed by atoms with E-state index < -0.39 is 0 Å². The van der Waals surface area contributed by atoms with E-state index in [4.69, 9.17) is 27.9 Å². The highest BCUT2D eigenvalue weighted by Crippen LogP contribution is 2.28. The third-order valence-corrected chi connectivity index (χ3v) is 5.14. The van der Waals surface area contributed by atoms with Gasteiger partial charge < -0.3 is 10.1 Å². The highest BCUT2D eigenvalue weighted by atomic mass is 35.5. The largest absolute Gasteiger partial charge is 0.487 e. The van der Waals surface area contributed by atoms with E-state index in [-0.39, 0.29) is 12.5 Å². The van der Waals surface area contributed by atoms with Crippen molar-refractivity contribution in [1.82, 2.24) is 9.78 Å². The van der Waals surface area contributed by atoms with Gasteiger partial charge in [0.05, 0.1) is 11.6 Å². The molecular weight excluding hydrogens is 433 g/mol. The molecule has 1 aromatic heterocycles. The fourth-order valence-electron chi connectivity index (χ4n) is 3.03. The van der Waals surface area contributed by atoms with Crippen molar-refractivity contribution in [3.63, 3.8) is 0 Å². The summed E-state index contributed by atoms with van der Waals surface area (Å²) in [5.41, 5.74) is 3.21. The predicted molar refractivity (Wildman–Crippen MR) is 123 cm³/mol. The zero-order valence-electron chi connectivity index (χ0n) is 16.5. The number of nitrogens with one attached hydrogen (secondary N) is 1. The van der Waals surface area contributed by atoms with Crippen LogP contribution in [0.15, 0.2) is 85.2 Å². The molecule has 156 valence electrons. The molecule has 1 amide bonds. The molecule has 4 aromatic rings. The van der Waals surface area contributed by atoms with Crippen LogP contribution in [0.1, 0.15) is 21.5 Å². The van der Waals surface area contributed by atoms with E-state index in [9.17, 15) is 4.79 Å². The summed E-state index contributed by atoms with van der Waals surface area (Å²) in [5.74, 6) is 0.307. The number of carbonyl (C=O) groups excluding carboxylic acids is 1. The number of amides is 1. The van der Waals surface area contributed by atoms with Gasteiger partial charge in [-0.25, -0.2) is 0 Å². The molecule has 0 radical (unpaired) electrons. The minimum Gasteiger partial charge on any atom is -0.487 e. The second-order valence-corrected chi connectivity index (χ2v) is 7.76. The number of rotatable bonds is 7. The Kier molecular flexibility index (Phi) is 6.55. The quantitative estimate of drug-likeness (QED) is 0.370. The number of benzene rings is 3. The van der Waals surface area contributed by atoms with Crippen LogP contribution in [0.4, 0.5) is 5.69 Å². The topological polar surface area (TPSA) is 56.2 Å². The second-order valence-electron chi connectivity index (χ2n) is 6.92. The fourth-order valence-corrected chi connectivity index (χ4v) is 3.36. The molecule has 31 heavy (non-hydrogen) atoms. The van der Waals surface area contributed by atoms with E-state index >= 15 is 0 Å². The molecule has 0 aliphatic rings. The van der Waals surface area contributed by atoms with Crippen LogP contribution in [0.25, 0.3) is 0 Å². The molecule has 0 bridgehead atoms. The maximum Gasteiger partial charge on any atom is 0.255 e. The molecule has 7 heteroatoms. The van der Waals surface area contributed by atoms with E-state index in [2.05, 4.69) is 10.4 Å². The van der Waals surface area contributed by atoms with Crippen LogP contribution < -0.4 is 10.1 Å². The SMILES string of the molecule is O=C(Nc1ccc(Cn2cccn2)cc1)c1cccc(COc2cc(Cl)ccc2Cl)c1. The first-order chi connectivity index (χ1) is 15.1. The number of nitrogens with zero attached hydrogens (tertiary/aromatic N) is 2. The molecule has 1 N–H and O–H groups in total. The standard InChI is InChI=1S/C24H19Cl2N3O2/c25-20-7-10-22(26)23(14-20)31-16-18-3-1-4-19(13-18)24(30)28-21-8-5-17(6-9-21)15-29-12-2-11-27-29/h1-14H,15-16H2,(H,28,30). The van der Waals surface area contributed by atoms with Gasteiger partial charge in [0.15, 0.2) is 0 Å². The average molecular weight is 452 g/mol. The molecule has 3 aromatic carbocycles. The van der Waals surface area contributed by atoms with Crippen LogP contribution >= 0.6 is 23.2 Å². The first-order valence-electron chi connectivity index (χ1n) is 9.61. The van der Waals surface area contributed by atoms with Gasteiger partial charge in [0.2, 0.25) is 0 Å². The van der Waals surface area contributed by atoms with E-state index in [1.54, 1.807) is 36.5 Å². The molecule has 0 aliphatic carbocycles. The van der Waals surface area contributed by atoms with Crippen molar-refractivity contribution >= 4 is 34.8 Å². The van der Waals surface area contributed by atoms with Crippen molar-refractivity contribution in [1.29, 1.82) is 0 Å². The van der Waals surface area contributed by atoms with Crippen LogP contribution in [-0.4, -0.2) is 15.7 Å². The smallest absolute Gasteiger partial charge is 0.255 e. The maximum absolute atomic E-state index is 12.7. The van der Waals surface area contributed by atoms with Gasteiger partial charge in [-0.15, -0.1) is 0 Å². The zero-order chi connectivity index (χ0) is 21.6. The highest BCUT2D eigenvalue weighted by molar-refractivity contribution is 6.34. The third kappa shape index (κ3) is 5.66. The molecule has 1 heterocycles. The lowest BCUT2D eigenvalue weighted by molar-refractivity contribution is 0.102. The molecule has 5 nitrogen and oxygen atoms in total. The van der Waals surface area contributed by atoms with Crippen molar-refractivity contribution in [3.8, 4) is 5.75 Å². The van der Waals surface area contributed by atoms with E-state index in [0.717, 1.165) is 16.8 Å². The third-order valence-electron chi connectivity index (χ3n) is 4.59. The summed E-state index contributed by atoms with van der Waals surface area (Å²) in [6, 6.07) is 21.9. The molecule has 0 saturated heterocycles. The van der Waals surface area contributed by atoms with Crippen LogP contribution in [0.5, 0.6) is 5.75 Å². The summed E-state index contributed by atoms with van der Waals surface area (Å²) in [7, 11) is 0. The van der Waals surface area contributed by atoms with Crippen molar-refractivity contribution < 1.29 is 9.53 Å². The van der Waals surface area contributed by atoms with Gasteiger partial charge in [-0.05, 0) is 53.6 Å². The summed E-state index contributed by atoms with van der Waals surface area (Å²) < 4.78 is 7.60. The lowest BCUT2D eigenvalue weighted by Crippen LogP contribution is -2.12. The van der Waals surface area contributed by atoms with Crippen LogP contribution in [0, 0.1) is 0 Å². The lowest BCUT2D eigenvalue weighted by atomic mass is 10.1. The molecular formula is C24H19Cl2N3O2. The van der Waals surface area contributed by atoms with E-state index in [0.29, 0.717) is 27.9 Å². The number of ether oxygens (including phenoxy) is 1.